The highest BCUT2D eigenvalue weighted by Crippen LogP contribution is 2.62. The van der Waals surface area contributed by atoms with Gasteiger partial charge in [-0.15, -0.1) is 0 Å². The Morgan fingerprint density at radius 3 is 2.47 bits per heavy atom. The van der Waals surface area contributed by atoms with E-state index in [0.717, 1.165) is 17.4 Å². The number of carboxylic acid groups (broad SMARTS) is 1. The van der Waals surface area contributed by atoms with E-state index in [1.807, 2.05) is 6.07 Å². The molecule has 4 atom stereocenters. The Morgan fingerprint density at radius 2 is 1.82 bits per heavy atom. The summed E-state index contributed by atoms with van der Waals surface area (Å²) in [7, 11) is 0. The van der Waals surface area contributed by atoms with Gasteiger partial charge < -0.3 is 5.11 Å². The molecule has 3 aliphatic rings. The maximum Gasteiger partial charge on any atom is 0.335 e. The maximum atomic E-state index is 11.2. The molecule has 4 rings (SSSR count). The summed E-state index contributed by atoms with van der Waals surface area (Å²) >= 11 is 0. The van der Waals surface area contributed by atoms with Gasteiger partial charge in [-0.2, -0.15) is 0 Å². The molecule has 3 aliphatic carbocycles. The Hall–Kier alpha value is -1.31. The van der Waals surface area contributed by atoms with Crippen molar-refractivity contribution in [3.63, 3.8) is 0 Å². The Kier molecular flexibility index (Phi) is 1.78. The minimum Gasteiger partial charge on any atom is -0.478 e. The number of benzene rings is 1. The van der Waals surface area contributed by atoms with Crippen LogP contribution in [-0.2, 0) is 0 Å². The summed E-state index contributed by atoms with van der Waals surface area (Å²) < 4.78 is 0. The molecule has 0 saturated heterocycles. The zero-order chi connectivity index (χ0) is 11.6. The van der Waals surface area contributed by atoms with E-state index < -0.39 is 5.97 Å². The van der Waals surface area contributed by atoms with Crippen LogP contribution in [0.25, 0.3) is 0 Å². The average molecular weight is 228 g/mol. The minimum absolute atomic E-state index is 0.554. The van der Waals surface area contributed by atoms with Crippen LogP contribution in [-0.4, -0.2) is 11.1 Å². The predicted octanol–water partition coefficient (Wildman–Crippen LogP) is 3.39. The molecule has 2 nitrogen and oxygen atoms in total. The van der Waals surface area contributed by atoms with Gasteiger partial charge in [-0.3, -0.25) is 0 Å². The summed E-state index contributed by atoms with van der Waals surface area (Å²) in [6.45, 7) is 0. The summed E-state index contributed by atoms with van der Waals surface area (Å²) in [5, 5.41) is 9.25. The predicted molar refractivity (Wildman–Crippen MR) is 64.3 cm³/mol. The number of carboxylic acids is 1. The van der Waals surface area contributed by atoms with Crippen LogP contribution >= 0.6 is 0 Å². The molecule has 17 heavy (non-hydrogen) atoms. The lowest BCUT2D eigenvalue weighted by molar-refractivity contribution is 0.0655. The van der Waals surface area contributed by atoms with Gasteiger partial charge in [0.05, 0.1) is 5.56 Å². The van der Waals surface area contributed by atoms with Crippen LogP contribution in [0.3, 0.4) is 0 Å². The number of rotatable bonds is 1. The molecule has 0 bridgehead atoms. The van der Waals surface area contributed by atoms with E-state index in [2.05, 4.69) is 6.07 Å². The van der Waals surface area contributed by atoms with Crippen LogP contribution < -0.4 is 0 Å². The highest BCUT2D eigenvalue weighted by atomic mass is 16.4. The normalized spacial score (nSPS) is 36.9. The van der Waals surface area contributed by atoms with Crippen LogP contribution in [0, 0.1) is 11.8 Å². The molecule has 1 aromatic carbocycles. The summed E-state index contributed by atoms with van der Waals surface area (Å²) in [6.07, 6.45) is 5.33. The van der Waals surface area contributed by atoms with Crippen LogP contribution in [0.15, 0.2) is 18.2 Å². The van der Waals surface area contributed by atoms with Gasteiger partial charge in [0.1, 0.15) is 0 Å². The molecule has 1 aromatic rings. The van der Waals surface area contributed by atoms with Gasteiger partial charge in [0.25, 0.3) is 0 Å². The number of aromatic carboxylic acids is 1. The monoisotopic (exact) mass is 228 g/mol. The highest BCUT2D eigenvalue weighted by Gasteiger charge is 2.49. The molecule has 0 heterocycles. The van der Waals surface area contributed by atoms with Gasteiger partial charge in [-0.25, -0.2) is 4.79 Å². The fourth-order valence-electron chi connectivity index (χ4n) is 4.31. The Bertz CT molecular complexity index is 506. The average Bonchev–Trinajstić information content (AvgIpc) is 2.27. The molecule has 2 heteroatoms. The number of fused-ring (bicyclic) bond motifs is 5. The molecule has 0 aliphatic heterocycles. The molecule has 2 saturated carbocycles. The lowest BCUT2D eigenvalue weighted by Crippen LogP contribution is -2.41. The first kappa shape index (κ1) is 9.69. The second-order valence-corrected chi connectivity index (χ2v) is 5.90. The van der Waals surface area contributed by atoms with Crippen molar-refractivity contribution in [2.45, 2.75) is 37.5 Å². The molecular formula is C15H16O2. The van der Waals surface area contributed by atoms with Crippen molar-refractivity contribution in [3.8, 4) is 0 Å². The van der Waals surface area contributed by atoms with Gasteiger partial charge in [-0.05, 0) is 66.5 Å². The lowest BCUT2D eigenvalue weighted by Gasteiger charge is -2.54. The quantitative estimate of drug-likeness (QED) is 0.800. The molecule has 1 N–H and O–H groups in total. The van der Waals surface area contributed by atoms with E-state index >= 15 is 0 Å². The van der Waals surface area contributed by atoms with Crippen molar-refractivity contribution in [1.82, 2.24) is 0 Å². The van der Waals surface area contributed by atoms with E-state index in [4.69, 9.17) is 0 Å². The standard InChI is InChI=1S/C15H16O2/c16-15(17)11-3-1-2-10-12-6-8-4-5-9(8)7-13(12)14(10)11/h1-3,8-9,12-13H,4-7H2,(H,16,17). The fourth-order valence-corrected chi connectivity index (χ4v) is 4.31. The summed E-state index contributed by atoms with van der Waals surface area (Å²) in [4.78, 5) is 11.2. The Labute approximate surface area is 101 Å². The third-order valence-corrected chi connectivity index (χ3v) is 5.31. The smallest absolute Gasteiger partial charge is 0.335 e. The lowest BCUT2D eigenvalue weighted by atomic mass is 9.51. The van der Waals surface area contributed by atoms with Crippen molar-refractivity contribution >= 4 is 5.97 Å². The van der Waals surface area contributed by atoms with Gasteiger partial charge in [-0.1, -0.05) is 12.1 Å². The molecule has 4 unspecified atom stereocenters. The molecule has 2 fully saturated rings. The summed E-state index contributed by atoms with van der Waals surface area (Å²) in [5.74, 6) is 2.31. The molecule has 88 valence electrons. The van der Waals surface area contributed by atoms with E-state index in [1.165, 1.54) is 31.2 Å². The summed E-state index contributed by atoms with van der Waals surface area (Å²) in [5.41, 5.74) is 3.05. The molecule has 0 spiro atoms. The van der Waals surface area contributed by atoms with E-state index in [-0.39, 0.29) is 0 Å². The second-order valence-electron chi connectivity index (χ2n) is 5.90. The van der Waals surface area contributed by atoms with E-state index in [9.17, 15) is 9.90 Å². The highest BCUT2D eigenvalue weighted by molar-refractivity contribution is 5.91. The van der Waals surface area contributed by atoms with Crippen LogP contribution in [0.5, 0.6) is 0 Å². The molecule has 0 aromatic heterocycles. The zero-order valence-electron chi connectivity index (χ0n) is 9.73. The van der Waals surface area contributed by atoms with Crippen molar-refractivity contribution in [2.24, 2.45) is 11.8 Å². The second kappa shape index (κ2) is 3.12. The minimum atomic E-state index is -0.754. The summed E-state index contributed by atoms with van der Waals surface area (Å²) in [6, 6.07) is 5.82. The molecule has 0 radical (unpaired) electrons. The van der Waals surface area contributed by atoms with Crippen LogP contribution in [0.4, 0.5) is 0 Å². The first-order chi connectivity index (χ1) is 8.25. The van der Waals surface area contributed by atoms with Crippen molar-refractivity contribution in [2.75, 3.05) is 0 Å². The number of carbonyl (C=O) groups is 1. The van der Waals surface area contributed by atoms with Crippen LogP contribution in [0.2, 0.25) is 0 Å². The van der Waals surface area contributed by atoms with Crippen LogP contribution in [0.1, 0.15) is 59.0 Å². The third kappa shape index (κ3) is 1.13. The Balaban J connectivity index is 1.77. The topological polar surface area (TPSA) is 37.3 Å². The zero-order valence-corrected chi connectivity index (χ0v) is 9.73. The van der Waals surface area contributed by atoms with Gasteiger partial charge in [0.15, 0.2) is 0 Å². The molecular weight excluding hydrogens is 212 g/mol. The van der Waals surface area contributed by atoms with Gasteiger partial charge in [0.2, 0.25) is 0 Å². The van der Waals surface area contributed by atoms with Gasteiger partial charge >= 0.3 is 5.97 Å². The number of hydrogen-bond acceptors (Lipinski definition) is 1. The Morgan fingerprint density at radius 1 is 1.12 bits per heavy atom. The first-order valence-electron chi connectivity index (χ1n) is 6.62. The maximum absolute atomic E-state index is 11.2. The van der Waals surface area contributed by atoms with E-state index in [1.54, 1.807) is 6.07 Å². The first-order valence-corrected chi connectivity index (χ1v) is 6.62. The SMILES string of the molecule is O=C(O)c1cccc2c1C1CC3CCC3CC21. The number of hydrogen-bond donors (Lipinski definition) is 1. The van der Waals surface area contributed by atoms with E-state index in [0.29, 0.717) is 17.4 Å². The van der Waals surface area contributed by atoms with Gasteiger partial charge in [0, 0.05) is 0 Å². The fraction of sp³-hybridized carbons (Fsp3) is 0.533. The van der Waals surface area contributed by atoms with Crippen molar-refractivity contribution < 1.29 is 9.90 Å². The van der Waals surface area contributed by atoms with Crippen molar-refractivity contribution in [3.05, 3.63) is 34.9 Å². The van der Waals surface area contributed by atoms with Crippen molar-refractivity contribution in [1.29, 1.82) is 0 Å². The molecule has 0 amide bonds. The largest absolute Gasteiger partial charge is 0.478 e. The third-order valence-electron chi connectivity index (χ3n) is 5.31.